The van der Waals surface area contributed by atoms with Gasteiger partial charge in [-0.1, -0.05) is 27.7 Å². The lowest BCUT2D eigenvalue weighted by Gasteiger charge is -2.62. The van der Waals surface area contributed by atoms with Crippen LogP contribution < -0.4 is 0 Å². The summed E-state index contributed by atoms with van der Waals surface area (Å²) in [5, 5.41) is 11.9. The summed E-state index contributed by atoms with van der Waals surface area (Å²) in [6.07, 6.45) is 9.65. The highest BCUT2D eigenvalue weighted by molar-refractivity contribution is 5.66. The van der Waals surface area contributed by atoms with Crippen LogP contribution in [-0.2, 0) is 19.0 Å². The van der Waals surface area contributed by atoms with Gasteiger partial charge in [0.2, 0.25) is 0 Å². The third kappa shape index (κ3) is 3.24. The van der Waals surface area contributed by atoms with Crippen LogP contribution in [0.25, 0.3) is 0 Å². The fraction of sp³-hybridized carbons (Fsp3) is 0.966. The van der Waals surface area contributed by atoms with Crippen LogP contribution in [0.15, 0.2) is 0 Å². The first-order valence-corrected chi connectivity index (χ1v) is 14.2. The summed E-state index contributed by atoms with van der Waals surface area (Å²) in [6.45, 7) is 11.9. The van der Waals surface area contributed by atoms with Gasteiger partial charge in [-0.3, -0.25) is 4.79 Å². The molecule has 2 heterocycles. The van der Waals surface area contributed by atoms with E-state index in [2.05, 4.69) is 27.7 Å². The molecule has 0 aromatic heterocycles. The number of carbonyl (C=O) groups is 1. The van der Waals surface area contributed by atoms with E-state index in [9.17, 15) is 9.90 Å². The van der Waals surface area contributed by atoms with Crippen LogP contribution in [0, 0.1) is 52.3 Å². The van der Waals surface area contributed by atoms with E-state index in [-0.39, 0.29) is 35.1 Å². The molecule has 4 aliphatic carbocycles. The van der Waals surface area contributed by atoms with Crippen molar-refractivity contribution in [2.24, 2.45) is 52.3 Å². The number of carbonyl (C=O) groups excluding carboxylic acids is 1. The van der Waals surface area contributed by atoms with Crippen LogP contribution in [0.2, 0.25) is 0 Å². The molecule has 192 valence electrons. The maximum Gasteiger partial charge on any atom is 0.302 e. The fourth-order valence-corrected chi connectivity index (χ4v) is 10.8. The molecule has 13 atom stereocenters. The van der Waals surface area contributed by atoms with E-state index in [1.165, 1.54) is 26.2 Å². The third-order valence-electron chi connectivity index (χ3n) is 12.1. The van der Waals surface area contributed by atoms with E-state index in [4.69, 9.17) is 14.2 Å². The number of hydrogen-bond acceptors (Lipinski definition) is 5. The van der Waals surface area contributed by atoms with Crippen molar-refractivity contribution in [1.29, 1.82) is 0 Å². The van der Waals surface area contributed by atoms with Crippen molar-refractivity contribution in [1.82, 2.24) is 0 Å². The first-order chi connectivity index (χ1) is 16.1. The Morgan fingerprint density at radius 2 is 1.76 bits per heavy atom. The molecule has 1 spiro atoms. The Hall–Kier alpha value is -0.650. The second-order valence-corrected chi connectivity index (χ2v) is 13.8. The molecule has 2 aliphatic heterocycles. The molecule has 1 N–H and O–H groups in total. The van der Waals surface area contributed by atoms with Crippen molar-refractivity contribution in [3.05, 3.63) is 0 Å². The smallest absolute Gasteiger partial charge is 0.302 e. The quantitative estimate of drug-likeness (QED) is 0.520. The second-order valence-electron chi connectivity index (χ2n) is 13.8. The molecule has 0 aromatic carbocycles. The molecule has 5 heteroatoms. The van der Waals surface area contributed by atoms with Crippen LogP contribution in [0.5, 0.6) is 0 Å². The summed E-state index contributed by atoms with van der Waals surface area (Å²) in [5.41, 5.74) is 0.157. The normalized spacial score (nSPS) is 58.5. The SMILES string of the molecule is CC(=O)OC1CCC2CC[C@H]3[C@@H]4C[C@@H]5O[C@]6(CCC(C)CO6)[C@@H](C)[C@@H]5[C@@]4(C)CC(O)[C@@H]3[C@@]2(C)C1. The largest absolute Gasteiger partial charge is 0.463 e. The summed E-state index contributed by atoms with van der Waals surface area (Å²) in [5.74, 6) is 2.96. The van der Waals surface area contributed by atoms with Gasteiger partial charge in [0.1, 0.15) is 6.10 Å². The third-order valence-corrected chi connectivity index (χ3v) is 12.1. The molecule has 4 saturated carbocycles. The average molecular weight is 475 g/mol. The Morgan fingerprint density at radius 1 is 1.00 bits per heavy atom. The van der Waals surface area contributed by atoms with Gasteiger partial charge in [-0.15, -0.1) is 0 Å². The molecule has 0 amide bonds. The first-order valence-electron chi connectivity index (χ1n) is 14.2. The molecule has 0 bridgehead atoms. The minimum atomic E-state index is -0.401. The highest BCUT2D eigenvalue weighted by Crippen LogP contribution is 2.71. The van der Waals surface area contributed by atoms with Crippen molar-refractivity contribution in [3.8, 4) is 0 Å². The van der Waals surface area contributed by atoms with Crippen LogP contribution in [0.4, 0.5) is 0 Å². The van der Waals surface area contributed by atoms with Gasteiger partial charge in [0.25, 0.3) is 0 Å². The lowest BCUT2D eigenvalue weighted by atomic mass is 9.43. The van der Waals surface area contributed by atoms with Gasteiger partial charge >= 0.3 is 5.97 Å². The molecule has 0 radical (unpaired) electrons. The van der Waals surface area contributed by atoms with Crippen LogP contribution in [0.3, 0.4) is 0 Å². The van der Waals surface area contributed by atoms with Crippen molar-refractivity contribution in [3.63, 3.8) is 0 Å². The lowest BCUT2D eigenvalue weighted by molar-refractivity contribution is -0.274. The molecule has 6 rings (SSSR count). The number of aliphatic hydroxyl groups is 1. The predicted molar refractivity (Wildman–Crippen MR) is 129 cm³/mol. The van der Waals surface area contributed by atoms with Gasteiger partial charge in [0, 0.05) is 19.3 Å². The Balaban J connectivity index is 1.27. The maximum atomic E-state index is 11.9. The minimum Gasteiger partial charge on any atom is -0.463 e. The molecule has 4 unspecified atom stereocenters. The lowest BCUT2D eigenvalue weighted by Crippen LogP contribution is -2.60. The Kier molecular flexibility index (Phi) is 5.53. The predicted octanol–water partition coefficient (Wildman–Crippen LogP) is 5.34. The standard InChI is InChI=1S/C29H46O5/c1-16-10-11-29(32-15-16)17(2)25-24(34-29)12-22-21-9-7-19-6-8-20(33-18(3)30)13-27(19,4)26(21)23(31)14-28(22,25)5/h16-17,19-26,31H,6-15H2,1-5H3/t16?,17-,19?,20?,21-,22-,23?,24-,25-,26+,27-,28-,29+/m0/s1. The zero-order valence-electron chi connectivity index (χ0n) is 21.9. The van der Waals surface area contributed by atoms with Gasteiger partial charge in [0.15, 0.2) is 5.79 Å². The Morgan fingerprint density at radius 3 is 2.47 bits per heavy atom. The maximum absolute atomic E-state index is 11.9. The highest BCUT2D eigenvalue weighted by Gasteiger charge is 2.70. The average Bonchev–Trinajstić information content (AvgIpc) is 3.19. The number of rotatable bonds is 1. The molecule has 5 nitrogen and oxygen atoms in total. The van der Waals surface area contributed by atoms with E-state index in [0.717, 1.165) is 45.1 Å². The van der Waals surface area contributed by atoms with Gasteiger partial charge in [-0.05, 0) is 97.7 Å². The first kappa shape index (κ1) is 23.7. The zero-order chi connectivity index (χ0) is 24.0. The van der Waals surface area contributed by atoms with E-state index in [0.29, 0.717) is 41.4 Å². The number of hydrogen-bond donors (Lipinski definition) is 1. The zero-order valence-corrected chi connectivity index (χ0v) is 21.9. The molecule has 34 heavy (non-hydrogen) atoms. The van der Waals surface area contributed by atoms with Gasteiger partial charge < -0.3 is 19.3 Å². The van der Waals surface area contributed by atoms with E-state index in [1.54, 1.807) is 0 Å². The van der Waals surface area contributed by atoms with Crippen LogP contribution in [-0.4, -0.2) is 41.8 Å². The van der Waals surface area contributed by atoms with Crippen molar-refractivity contribution < 1.29 is 24.1 Å². The summed E-state index contributed by atoms with van der Waals surface area (Å²) in [4.78, 5) is 11.7. The van der Waals surface area contributed by atoms with Crippen LogP contribution >= 0.6 is 0 Å². The van der Waals surface area contributed by atoms with E-state index in [1.807, 2.05) is 0 Å². The number of aliphatic hydroxyl groups excluding tert-OH is 1. The number of ether oxygens (including phenoxy) is 3. The number of fused-ring (bicyclic) bond motifs is 7. The molecular formula is C29H46O5. The summed E-state index contributed by atoms with van der Waals surface area (Å²) in [6, 6.07) is 0. The van der Waals surface area contributed by atoms with E-state index >= 15 is 0 Å². The monoisotopic (exact) mass is 474 g/mol. The molecule has 2 saturated heterocycles. The topological polar surface area (TPSA) is 65.0 Å². The van der Waals surface area contributed by atoms with Crippen molar-refractivity contribution >= 4 is 5.97 Å². The van der Waals surface area contributed by atoms with Gasteiger partial charge in [-0.25, -0.2) is 0 Å². The Labute approximate surface area is 205 Å². The summed E-state index contributed by atoms with van der Waals surface area (Å²) >= 11 is 0. The van der Waals surface area contributed by atoms with Crippen molar-refractivity contribution in [2.45, 2.75) is 117 Å². The second kappa shape index (κ2) is 7.92. The van der Waals surface area contributed by atoms with E-state index < -0.39 is 5.79 Å². The Bertz CT molecular complexity index is 819. The van der Waals surface area contributed by atoms with Crippen molar-refractivity contribution in [2.75, 3.05) is 6.61 Å². The van der Waals surface area contributed by atoms with Gasteiger partial charge in [-0.2, -0.15) is 0 Å². The minimum absolute atomic E-state index is 0.00928. The fourth-order valence-electron chi connectivity index (χ4n) is 10.8. The molecule has 6 fully saturated rings. The molecular weight excluding hydrogens is 428 g/mol. The summed E-state index contributed by atoms with van der Waals surface area (Å²) in [7, 11) is 0. The molecule has 0 aromatic rings. The number of esters is 1. The van der Waals surface area contributed by atoms with Gasteiger partial charge in [0.05, 0.1) is 18.8 Å². The highest BCUT2D eigenvalue weighted by atomic mass is 16.7. The summed E-state index contributed by atoms with van der Waals surface area (Å²) < 4.78 is 19.0. The molecule has 6 aliphatic rings. The van der Waals surface area contributed by atoms with Crippen LogP contribution in [0.1, 0.15) is 92.4 Å².